The lowest BCUT2D eigenvalue weighted by atomic mass is 9.99. The van der Waals surface area contributed by atoms with Gasteiger partial charge >= 0.3 is 0 Å². The Balaban J connectivity index is 1.54. The molecule has 110 valence electrons. The predicted octanol–water partition coefficient (Wildman–Crippen LogP) is 2.43. The van der Waals surface area contributed by atoms with Crippen molar-refractivity contribution in [3.63, 3.8) is 0 Å². The van der Waals surface area contributed by atoms with Crippen molar-refractivity contribution in [1.82, 2.24) is 5.43 Å². The van der Waals surface area contributed by atoms with Crippen LogP contribution in [0.4, 0.5) is 5.69 Å². The number of rotatable bonds is 4. The number of carbonyl (C=O) groups is 1. The van der Waals surface area contributed by atoms with E-state index in [9.17, 15) is 14.9 Å². The van der Waals surface area contributed by atoms with Crippen LogP contribution < -0.4 is 5.43 Å². The van der Waals surface area contributed by atoms with Crippen molar-refractivity contribution in [2.75, 3.05) is 0 Å². The molecule has 0 radical (unpaired) electrons. The summed E-state index contributed by atoms with van der Waals surface area (Å²) in [4.78, 5) is 21.9. The summed E-state index contributed by atoms with van der Waals surface area (Å²) in [5.74, 6) is 1.15. The third kappa shape index (κ3) is 3.09. The summed E-state index contributed by atoms with van der Waals surface area (Å²) >= 11 is 0. The molecule has 2 aliphatic rings. The number of benzene rings is 1. The van der Waals surface area contributed by atoms with Crippen molar-refractivity contribution in [3.05, 3.63) is 39.9 Å². The maximum Gasteiger partial charge on any atom is 0.269 e. The highest BCUT2D eigenvalue weighted by atomic mass is 16.6. The third-order valence-electron chi connectivity index (χ3n) is 4.35. The van der Waals surface area contributed by atoms with Crippen LogP contribution in [-0.2, 0) is 11.2 Å². The molecule has 0 saturated heterocycles. The average molecular weight is 287 g/mol. The zero-order valence-corrected chi connectivity index (χ0v) is 11.6. The van der Waals surface area contributed by atoms with Gasteiger partial charge in [0, 0.05) is 17.8 Å². The maximum atomic E-state index is 11.8. The highest BCUT2D eigenvalue weighted by molar-refractivity contribution is 5.91. The van der Waals surface area contributed by atoms with Gasteiger partial charge < -0.3 is 0 Å². The van der Waals surface area contributed by atoms with E-state index in [0.29, 0.717) is 5.92 Å². The van der Waals surface area contributed by atoms with Crippen LogP contribution in [0.15, 0.2) is 29.4 Å². The van der Waals surface area contributed by atoms with Crippen molar-refractivity contribution in [2.45, 2.75) is 32.1 Å². The summed E-state index contributed by atoms with van der Waals surface area (Å²) in [6.45, 7) is 0. The van der Waals surface area contributed by atoms with Gasteiger partial charge in [-0.2, -0.15) is 5.10 Å². The van der Waals surface area contributed by atoms with E-state index >= 15 is 0 Å². The smallest absolute Gasteiger partial charge is 0.269 e. The first kappa shape index (κ1) is 13.7. The molecule has 2 aliphatic carbocycles. The Kier molecular flexibility index (Phi) is 3.68. The van der Waals surface area contributed by atoms with Gasteiger partial charge in [0.2, 0.25) is 5.91 Å². The molecule has 1 amide bonds. The number of nitrogens with one attached hydrogen (secondary N) is 1. The van der Waals surface area contributed by atoms with Crippen LogP contribution in [0, 0.1) is 22.0 Å². The van der Waals surface area contributed by atoms with Crippen molar-refractivity contribution in [3.8, 4) is 0 Å². The van der Waals surface area contributed by atoms with E-state index in [1.165, 1.54) is 31.4 Å². The van der Waals surface area contributed by atoms with Gasteiger partial charge in [-0.3, -0.25) is 14.9 Å². The van der Waals surface area contributed by atoms with E-state index in [4.69, 9.17) is 0 Å². The van der Waals surface area contributed by atoms with Crippen LogP contribution in [0.5, 0.6) is 0 Å². The van der Waals surface area contributed by atoms with Crippen molar-refractivity contribution < 1.29 is 9.72 Å². The zero-order chi connectivity index (χ0) is 14.8. The molecule has 1 aromatic rings. The molecule has 6 nitrogen and oxygen atoms in total. The minimum absolute atomic E-state index is 0.0291. The number of fused-ring (bicyclic) bond motifs is 2. The number of hydrogen-bond donors (Lipinski definition) is 1. The molecule has 1 N–H and O–H groups in total. The van der Waals surface area contributed by atoms with Crippen LogP contribution in [-0.4, -0.2) is 16.5 Å². The summed E-state index contributed by atoms with van der Waals surface area (Å²) in [6.07, 6.45) is 4.91. The van der Waals surface area contributed by atoms with Gasteiger partial charge in [-0.05, 0) is 43.1 Å². The SMILES string of the molecule is O=C(Cc1ccc([N+](=O)[O-])cc1)N/N=C1/C[C@@H]2CC[C@@H]1C2. The first-order valence-electron chi connectivity index (χ1n) is 7.20. The van der Waals surface area contributed by atoms with Crippen molar-refractivity contribution >= 4 is 17.3 Å². The molecule has 3 rings (SSSR count). The molecule has 1 aromatic carbocycles. The minimum atomic E-state index is -0.453. The molecule has 0 spiro atoms. The van der Waals surface area contributed by atoms with Gasteiger partial charge in [0.25, 0.3) is 5.69 Å². The fourth-order valence-corrected chi connectivity index (χ4v) is 3.26. The Labute approximate surface area is 122 Å². The largest absolute Gasteiger partial charge is 0.273 e. The lowest BCUT2D eigenvalue weighted by Crippen LogP contribution is -2.23. The molecule has 21 heavy (non-hydrogen) atoms. The van der Waals surface area contributed by atoms with E-state index in [2.05, 4.69) is 10.5 Å². The van der Waals surface area contributed by atoms with Crippen LogP contribution in [0.25, 0.3) is 0 Å². The molecule has 2 bridgehead atoms. The van der Waals surface area contributed by atoms with E-state index < -0.39 is 4.92 Å². The molecule has 0 aliphatic heterocycles. The van der Waals surface area contributed by atoms with Gasteiger partial charge in [0.15, 0.2) is 0 Å². The lowest BCUT2D eigenvalue weighted by molar-refractivity contribution is -0.384. The molecular formula is C15H17N3O3. The van der Waals surface area contributed by atoms with E-state index in [-0.39, 0.29) is 18.0 Å². The van der Waals surface area contributed by atoms with Crippen molar-refractivity contribution in [2.24, 2.45) is 16.9 Å². The Hall–Kier alpha value is -2.24. The first-order valence-corrected chi connectivity index (χ1v) is 7.20. The number of nitrogens with zero attached hydrogens (tertiary/aromatic N) is 2. The number of hydrazone groups is 1. The standard InChI is InChI=1S/C15H17N3O3/c19-15(9-10-2-5-13(6-3-10)18(20)21)17-16-14-8-11-1-4-12(14)7-11/h2-3,5-6,11-12H,1,4,7-9H2,(H,17,19)/b16-14-/t11-,12-/m1/s1. The number of carbonyl (C=O) groups excluding carboxylic acids is 1. The molecule has 0 unspecified atom stereocenters. The molecule has 6 heteroatoms. The van der Waals surface area contributed by atoms with Gasteiger partial charge in [0.1, 0.15) is 0 Å². The fourth-order valence-electron chi connectivity index (χ4n) is 3.26. The van der Waals surface area contributed by atoms with E-state index in [1.54, 1.807) is 12.1 Å². The highest BCUT2D eigenvalue weighted by Gasteiger charge is 2.36. The molecule has 2 saturated carbocycles. The monoisotopic (exact) mass is 287 g/mol. The summed E-state index contributed by atoms with van der Waals surface area (Å²) in [6, 6.07) is 6.01. The fraction of sp³-hybridized carbons (Fsp3) is 0.467. The van der Waals surface area contributed by atoms with Gasteiger partial charge in [-0.1, -0.05) is 12.1 Å². The molecule has 0 heterocycles. The van der Waals surface area contributed by atoms with Gasteiger partial charge in [-0.25, -0.2) is 5.43 Å². The molecule has 0 aromatic heterocycles. The first-order chi connectivity index (χ1) is 10.1. The van der Waals surface area contributed by atoms with Crippen LogP contribution >= 0.6 is 0 Å². The normalized spacial score (nSPS) is 25.2. The molecule has 2 fully saturated rings. The second-order valence-electron chi connectivity index (χ2n) is 5.82. The summed E-state index contributed by atoms with van der Waals surface area (Å²) < 4.78 is 0. The molecule has 2 atom stereocenters. The second-order valence-corrected chi connectivity index (χ2v) is 5.82. The summed E-state index contributed by atoms with van der Waals surface area (Å²) in [7, 11) is 0. The second kappa shape index (κ2) is 5.63. The quantitative estimate of drug-likeness (QED) is 0.681. The van der Waals surface area contributed by atoms with Gasteiger partial charge in [0.05, 0.1) is 11.3 Å². The Morgan fingerprint density at radius 1 is 1.33 bits per heavy atom. The third-order valence-corrected chi connectivity index (χ3v) is 4.35. The number of hydrogen-bond acceptors (Lipinski definition) is 4. The Morgan fingerprint density at radius 3 is 2.67 bits per heavy atom. The maximum absolute atomic E-state index is 11.8. The summed E-state index contributed by atoms with van der Waals surface area (Å²) in [5.41, 5.74) is 4.51. The predicted molar refractivity (Wildman–Crippen MR) is 77.8 cm³/mol. The average Bonchev–Trinajstić information content (AvgIpc) is 3.08. The minimum Gasteiger partial charge on any atom is -0.273 e. The van der Waals surface area contributed by atoms with Crippen LogP contribution in [0.1, 0.15) is 31.2 Å². The number of nitro groups is 1. The van der Waals surface area contributed by atoms with E-state index in [0.717, 1.165) is 23.6 Å². The lowest BCUT2D eigenvalue weighted by Gasteiger charge is -2.11. The highest BCUT2D eigenvalue weighted by Crippen LogP contribution is 2.42. The molecular weight excluding hydrogens is 270 g/mol. The van der Waals surface area contributed by atoms with Crippen LogP contribution in [0.2, 0.25) is 0 Å². The Morgan fingerprint density at radius 2 is 2.10 bits per heavy atom. The number of non-ortho nitro benzene ring substituents is 1. The van der Waals surface area contributed by atoms with E-state index in [1.807, 2.05) is 0 Å². The van der Waals surface area contributed by atoms with Gasteiger partial charge in [-0.15, -0.1) is 0 Å². The van der Waals surface area contributed by atoms with Crippen molar-refractivity contribution in [1.29, 1.82) is 0 Å². The van der Waals surface area contributed by atoms with Crippen LogP contribution in [0.3, 0.4) is 0 Å². The Bertz CT molecular complexity index is 595. The zero-order valence-electron chi connectivity index (χ0n) is 11.6. The summed E-state index contributed by atoms with van der Waals surface area (Å²) in [5, 5.41) is 14.8. The number of nitro benzene ring substituents is 1. The topological polar surface area (TPSA) is 84.6 Å². The number of amides is 1.